The molecule has 1 aliphatic rings. The molecule has 1 aliphatic heterocycles. The number of hydrogen-bond acceptors (Lipinski definition) is 3. The Kier molecular flexibility index (Phi) is 5.78. The summed E-state index contributed by atoms with van der Waals surface area (Å²) in [5.74, 6) is 0. The Labute approximate surface area is 113 Å². The summed E-state index contributed by atoms with van der Waals surface area (Å²) in [5.41, 5.74) is 0. The van der Waals surface area contributed by atoms with Gasteiger partial charge in [-0.15, -0.1) is 11.3 Å². The lowest BCUT2D eigenvalue weighted by Gasteiger charge is -2.19. The lowest BCUT2D eigenvalue weighted by molar-refractivity contribution is 0.284. The van der Waals surface area contributed by atoms with Crippen molar-refractivity contribution in [1.82, 2.24) is 10.2 Å². The number of nitrogens with one attached hydrogen (secondary N) is 1. The van der Waals surface area contributed by atoms with E-state index in [0.717, 1.165) is 17.4 Å². The zero-order valence-electron chi connectivity index (χ0n) is 10.3. The summed E-state index contributed by atoms with van der Waals surface area (Å²) in [7, 11) is 0. The highest BCUT2D eigenvalue weighted by molar-refractivity contribution is 7.16. The molecule has 0 aliphatic carbocycles. The molecule has 1 N–H and O–H groups in total. The minimum absolute atomic E-state index is 0.884. The molecule has 2 rings (SSSR count). The fourth-order valence-electron chi connectivity index (χ4n) is 2.26. The first-order chi connectivity index (χ1) is 8.34. The van der Waals surface area contributed by atoms with E-state index in [2.05, 4.69) is 16.3 Å². The molecule has 96 valence electrons. The van der Waals surface area contributed by atoms with Crippen LogP contribution < -0.4 is 5.32 Å². The third-order valence-electron chi connectivity index (χ3n) is 3.23. The van der Waals surface area contributed by atoms with E-state index in [1.807, 2.05) is 6.07 Å². The first-order valence-corrected chi connectivity index (χ1v) is 7.71. The molecular formula is C13H21ClN2S. The fraction of sp³-hybridized carbons (Fsp3) is 0.692. The highest BCUT2D eigenvalue weighted by atomic mass is 35.5. The van der Waals surface area contributed by atoms with Crippen LogP contribution in [0.1, 0.15) is 30.6 Å². The van der Waals surface area contributed by atoms with E-state index >= 15 is 0 Å². The first kappa shape index (κ1) is 13.3. The Morgan fingerprint density at radius 3 is 2.59 bits per heavy atom. The molecule has 1 fully saturated rings. The maximum Gasteiger partial charge on any atom is 0.0931 e. The van der Waals surface area contributed by atoms with Gasteiger partial charge in [0.1, 0.15) is 0 Å². The normalized spacial score (nSPS) is 18.2. The zero-order valence-corrected chi connectivity index (χ0v) is 11.8. The van der Waals surface area contributed by atoms with E-state index in [1.165, 1.54) is 50.2 Å². The number of halogens is 1. The van der Waals surface area contributed by atoms with Crippen LogP contribution in [-0.4, -0.2) is 31.1 Å². The maximum atomic E-state index is 5.90. The molecule has 0 amide bonds. The topological polar surface area (TPSA) is 15.3 Å². The predicted octanol–water partition coefficient (Wildman–Crippen LogP) is 3.37. The molecular weight excluding hydrogens is 252 g/mol. The van der Waals surface area contributed by atoms with Crippen molar-refractivity contribution < 1.29 is 0 Å². The van der Waals surface area contributed by atoms with Crippen molar-refractivity contribution >= 4 is 22.9 Å². The number of rotatable bonds is 5. The molecule has 0 unspecified atom stereocenters. The van der Waals surface area contributed by atoms with Crippen molar-refractivity contribution in [1.29, 1.82) is 0 Å². The van der Waals surface area contributed by atoms with Gasteiger partial charge in [0.15, 0.2) is 0 Å². The van der Waals surface area contributed by atoms with Crippen molar-refractivity contribution in [2.24, 2.45) is 0 Å². The van der Waals surface area contributed by atoms with Gasteiger partial charge < -0.3 is 10.2 Å². The van der Waals surface area contributed by atoms with Crippen molar-refractivity contribution in [3.63, 3.8) is 0 Å². The first-order valence-electron chi connectivity index (χ1n) is 6.52. The van der Waals surface area contributed by atoms with Crippen LogP contribution >= 0.6 is 22.9 Å². The van der Waals surface area contributed by atoms with Crippen LogP contribution in [0.2, 0.25) is 4.34 Å². The van der Waals surface area contributed by atoms with Gasteiger partial charge in [-0.05, 0) is 38.1 Å². The van der Waals surface area contributed by atoms with Crippen LogP contribution in [0.4, 0.5) is 0 Å². The van der Waals surface area contributed by atoms with Crippen molar-refractivity contribution in [3.8, 4) is 0 Å². The summed E-state index contributed by atoms with van der Waals surface area (Å²) in [4.78, 5) is 3.91. The van der Waals surface area contributed by atoms with Gasteiger partial charge in [0.2, 0.25) is 0 Å². The van der Waals surface area contributed by atoms with Gasteiger partial charge in [0.25, 0.3) is 0 Å². The monoisotopic (exact) mass is 272 g/mol. The Hall–Kier alpha value is -0.0900. The van der Waals surface area contributed by atoms with Gasteiger partial charge in [-0.25, -0.2) is 0 Å². The van der Waals surface area contributed by atoms with Crippen LogP contribution in [0.3, 0.4) is 0 Å². The smallest absolute Gasteiger partial charge is 0.0931 e. The second kappa shape index (κ2) is 7.37. The van der Waals surface area contributed by atoms with Gasteiger partial charge in [-0.3, -0.25) is 0 Å². The van der Waals surface area contributed by atoms with Gasteiger partial charge >= 0.3 is 0 Å². The third-order valence-corrected chi connectivity index (χ3v) is 4.46. The van der Waals surface area contributed by atoms with Gasteiger partial charge in [-0.1, -0.05) is 24.4 Å². The summed E-state index contributed by atoms with van der Waals surface area (Å²) in [5, 5.41) is 3.49. The molecule has 2 heterocycles. The Balaban J connectivity index is 1.59. The predicted molar refractivity (Wildman–Crippen MR) is 75.9 cm³/mol. The Morgan fingerprint density at radius 1 is 1.18 bits per heavy atom. The minimum atomic E-state index is 0.884. The van der Waals surface area contributed by atoms with E-state index < -0.39 is 0 Å². The summed E-state index contributed by atoms with van der Waals surface area (Å²) in [6, 6.07) is 4.07. The molecule has 1 aromatic heterocycles. The van der Waals surface area contributed by atoms with Crippen LogP contribution in [0.25, 0.3) is 0 Å². The number of thiophene rings is 1. The number of likely N-dealkylation sites (tertiary alicyclic amines) is 1. The number of hydrogen-bond donors (Lipinski definition) is 1. The summed E-state index contributed by atoms with van der Waals surface area (Å²) in [6.07, 6.45) is 5.58. The van der Waals surface area contributed by atoms with E-state index in [-0.39, 0.29) is 0 Å². The summed E-state index contributed by atoms with van der Waals surface area (Å²) in [6.45, 7) is 5.78. The van der Waals surface area contributed by atoms with E-state index in [1.54, 1.807) is 11.3 Å². The fourth-order valence-corrected chi connectivity index (χ4v) is 3.31. The van der Waals surface area contributed by atoms with E-state index in [4.69, 9.17) is 11.6 Å². The zero-order chi connectivity index (χ0) is 11.9. The highest BCUT2D eigenvalue weighted by Gasteiger charge is 2.07. The van der Waals surface area contributed by atoms with Gasteiger partial charge in [-0.2, -0.15) is 0 Å². The average Bonchev–Trinajstić information content (AvgIpc) is 2.59. The molecule has 0 saturated carbocycles. The van der Waals surface area contributed by atoms with Gasteiger partial charge in [0, 0.05) is 24.5 Å². The van der Waals surface area contributed by atoms with E-state index in [0.29, 0.717) is 0 Å². The molecule has 2 nitrogen and oxygen atoms in total. The van der Waals surface area contributed by atoms with Crippen LogP contribution in [0.15, 0.2) is 12.1 Å². The van der Waals surface area contributed by atoms with E-state index in [9.17, 15) is 0 Å². The van der Waals surface area contributed by atoms with Crippen LogP contribution in [-0.2, 0) is 6.54 Å². The maximum absolute atomic E-state index is 5.90. The lowest BCUT2D eigenvalue weighted by atomic mass is 10.2. The molecule has 0 atom stereocenters. The lowest BCUT2D eigenvalue weighted by Crippen LogP contribution is -2.32. The highest BCUT2D eigenvalue weighted by Crippen LogP contribution is 2.20. The second-order valence-corrected chi connectivity index (χ2v) is 6.44. The Morgan fingerprint density at radius 2 is 1.94 bits per heavy atom. The molecule has 17 heavy (non-hydrogen) atoms. The van der Waals surface area contributed by atoms with Crippen molar-refractivity contribution in [3.05, 3.63) is 21.3 Å². The van der Waals surface area contributed by atoms with Crippen LogP contribution in [0, 0.1) is 0 Å². The number of nitrogens with zero attached hydrogens (tertiary/aromatic N) is 1. The second-order valence-electron chi connectivity index (χ2n) is 4.64. The van der Waals surface area contributed by atoms with Crippen molar-refractivity contribution in [2.75, 3.05) is 26.2 Å². The standard InChI is InChI=1S/C13H21ClN2S/c14-13-6-5-12(17-13)11-15-7-10-16-8-3-1-2-4-9-16/h5-6,15H,1-4,7-11H2. The molecule has 0 radical (unpaired) electrons. The van der Waals surface area contributed by atoms with Crippen molar-refractivity contribution in [2.45, 2.75) is 32.2 Å². The molecule has 4 heteroatoms. The summed E-state index contributed by atoms with van der Waals surface area (Å²) >= 11 is 7.56. The largest absolute Gasteiger partial charge is 0.311 e. The summed E-state index contributed by atoms with van der Waals surface area (Å²) < 4.78 is 0.884. The minimum Gasteiger partial charge on any atom is -0.311 e. The molecule has 0 aromatic carbocycles. The Bertz CT molecular complexity index is 319. The molecule has 1 saturated heterocycles. The molecule has 0 bridgehead atoms. The van der Waals surface area contributed by atoms with Gasteiger partial charge in [0.05, 0.1) is 4.34 Å². The third kappa shape index (κ3) is 4.96. The SMILES string of the molecule is Clc1ccc(CNCCN2CCCCCC2)s1. The molecule has 0 spiro atoms. The quantitative estimate of drug-likeness (QED) is 0.827. The average molecular weight is 273 g/mol. The molecule has 1 aromatic rings. The van der Waals surface area contributed by atoms with Crippen LogP contribution in [0.5, 0.6) is 0 Å².